The van der Waals surface area contributed by atoms with Gasteiger partial charge in [-0.05, 0) is 43.2 Å². The number of carbonyl (C=O) groups excluding carboxylic acids is 1. The molecule has 2 N–H and O–H groups in total. The highest BCUT2D eigenvalue weighted by Gasteiger charge is 2.32. The van der Waals surface area contributed by atoms with Gasteiger partial charge in [0, 0.05) is 33.0 Å². The summed E-state index contributed by atoms with van der Waals surface area (Å²) in [5, 5.41) is 5.36. The van der Waals surface area contributed by atoms with Crippen molar-refractivity contribution in [1.29, 1.82) is 0 Å². The van der Waals surface area contributed by atoms with Gasteiger partial charge < -0.3 is 15.4 Å². The van der Waals surface area contributed by atoms with Crippen LogP contribution in [-0.2, 0) is 11.5 Å². The number of primary amides is 1. The predicted octanol–water partition coefficient (Wildman–Crippen LogP) is 4.46. The fourth-order valence-corrected chi connectivity index (χ4v) is 4.88. The van der Waals surface area contributed by atoms with Crippen molar-refractivity contribution in [2.45, 2.75) is 51.3 Å². The van der Waals surface area contributed by atoms with Gasteiger partial charge >= 0.3 is 0 Å². The van der Waals surface area contributed by atoms with Crippen LogP contribution in [0.25, 0.3) is 11.0 Å². The molecule has 0 spiro atoms. The fraction of sp³-hybridized carbons (Fsp3) is 0.435. The van der Waals surface area contributed by atoms with Crippen LogP contribution in [0.5, 0.6) is 0 Å². The summed E-state index contributed by atoms with van der Waals surface area (Å²) >= 11 is 0. The van der Waals surface area contributed by atoms with Crippen LogP contribution in [0.15, 0.2) is 30.5 Å². The SMILES string of the molecule is C[Si](C)(C)CCOCn1nc(N2CCC[C@@H]2c2cc(F)ccc2F)c2cc(C(N)=O)cnc21. The lowest BCUT2D eigenvalue weighted by molar-refractivity contribution is 0.0814. The van der Waals surface area contributed by atoms with Gasteiger partial charge in [0.05, 0.1) is 17.0 Å². The zero-order valence-electron chi connectivity index (χ0n) is 19.1. The fourth-order valence-electron chi connectivity index (χ4n) is 4.12. The number of hydrogen-bond donors (Lipinski definition) is 1. The molecule has 1 saturated heterocycles. The van der Waals surface area contributed by atoms with Gasteiger partial charge in [-0.1, -0.05) is 19.6 Å². The number of halogens is 2. The topological polar surface area (TPSA) is 86.3 Å². The molecule has 1 amide bonds. The summed E-state index contributed by atoms with van der Waals surface area (Å²) in [6, 6.07) is 5.80. The third-order valence-corrected chi connectivity index (χ3v) is 7.61. The summed E-state index contributed by atoms with van der Waals surface area (Å²) in [6.45, 7) is 8.28. The van der Waals surface area contributed by atoms with Crippen molar-refractivity contribution in [2.75, 3.05) is 18.1 Å². The van der Waals surface area contributed by atoms with Crippen LogP contribution < -0.4 is 10.6 Å². The number of fused-ring (bicyclic) bond motifs is 1. The number of rotatable bonds is 8. The Morgan fingerprint density at radius 1 is 1.27 bits per heavy atom. The Morgan fingerprint density at radius 3 is 2.79 bits per heavy atom. The van der Waals surface area contributed by atoms with E-state index < -0.39 is 25.6 Å². The van der Waals surface area contributed by atoms with Gasteiger partial charge in [-0.25, -0.2) is 18.4 Å². The van der Waals surface area contributed by atoms with Crippen molar-refractivity contribution in [3.63, 3.8) is 0 Å². The number of amides is 1. The number of hydrogen-bond acceptors (Lipinski definition) is 5. The van der Waals surface area contributed by atoms with Crippen LogP contribution in [0.2, 0.25) is 25.7 Å². The van der Waals surface area contributed by atoms with E-state index in [1.807, 2.05) is 4.90 Å². The first kappa shape index (κ1) is 23.3. The average molecular weight is 474 g/mol. The van der Waals surface area contributed by atoms with Crippen molar-refractivity contribution in [1.82, 2.24) is 14.8 Å². The number of pyridine rings is 1. The highest BCUT2D eigenvalue weighted by molar-refractivity contribution is 6.76. The Labute approximate surface area is 192 Å². The zero-order valence-corrected chi connectivity index (χ0v) is 20.1. The molecule has 0 unspecified atom stereocenters. The van der Waals surface area contributed by atoms with Crippen LogP contribution in [0, 0.1) is 11.6 Å². The summed E-state index contributed by atoms with van der Waals surface area (Å²) in [5.74, 6) is -0.978. The maximum atomic E-state index is 14.6. The number of nitrogens with zero attached hydrogens (tertiary/aromatic N) is 4. The van der Waals surface area contributed by atoms with Gasteiger partial charge in [0.15, 0.2) is 11.5 Å². The third kappa shape index (κ3) is 5.06. The third-order valence-electron chi connectivity index (χ3n) is 5.90. The first-order valence-electron chi connectivity index (χ1n) is 11.1. The maximum Gasteiger partial charge on any atom is 0.250 e. The summed E-state index contributed by atoms with van der Waals surface area (Å²) in [4.78, 5) is 18.2. The van der Waals surface area contributed by atoms with Crippen molar-refractivity contribution in [3.05, 3.63) is 53.2 Å². The molecule has 2 aromatic heterocycles. The smallest absolute Gasteiger partial charge is 0.250 e. The molecular formula is C23H29F2N5O2Si. The minimum atomic E-state index is -1.24. The number of anilines is 1. The van der Waals surface area contributed by atoms with Crippen LogP contribution in [-0.4, -0.2) is 41.9 Å². The second-order valence-electron chi connectivity index (χ2n) is 9.65. The molecule has 0 aliphatic carbocycles. The first-order chi connectivity index (χ1) is 15.6. The van der Waals surface area contributed by atoms with Gasteiger partial charge in [0.25, 0.3) is 0 Å². The maximum absolute atomic E-state index is 14.6. The minimum absolute atomic E-state index is 0.205. The Kier molecular flexibility index (Phi) is 6.49. The molecule has 4 rings (SSSR count). The average Bonchev–Trinajstić information content (AvgIpc) is 3.36. The Bertz CT molecular complexity index is 1180. The molecule has 33 heavy (non-hydrogen) atoms. The van der Waals surface area contributed by atoms with E-state index in [4.69, 9.17) is 15.6 Å². The molecule has 0 saturated carbocycles. The van der Waals surface area contributed by atoms with Crippen LogP contribution in [0.4, 0.5) is 14.6 Å². The van der Waals surface area contributed by atoms with Gasteiger partial charge in [-0.15, -0.1) is 0 Å². The zero-order chi connectivity index (χ0) is 23.8. The van der Waals surface area contributed by atoms with E-state index in [0.29, 0.717) is 42.0 Å². The number of benzene rings is 1. The van der Waals surface area contributed by atoms with E-state index in [9.17, 15) is 13.6 Å². The normalized spacial score (nSPS) is 16.6. The molecule has 1 aromatic carbocycles. The van der Waals surface area contributed by atoms with Crippen molar-refractivity contribution < 1.29 is 18.3 Å². The van der Waals surface area contributed by atoms with Crippen molar-refractivity contribution >= 4 is 30.8 Å². The molecule has 3 heterocycles. The predicted molar refractivity (Wildman–Crippen MR) is 126 cm³/mol. The molecule has 0 radical (unpaired) electrons. The van der Waals surface area contributed by atoms with E-state index in [0.717, 1.165) is 24.6 Å². The van der Waals surface area contributed by atoms with E-state index in [-0.39, 0.29) is 18.3 Å². The standard InChI is InChI=1S/C23H29F2N5O2Si/c1-33(2,3)10-9-32-14-30-22-18(11-15(13-27-22)21(26)31)23(28-30)29-8-4-5-20(29)17-12-16(24)6-7-19(17)25/h6-7,11-13,20H,4-5,8-10,14H2,1-3H3,(H2,26,31)/t20-/m1/s1. The minimum Gasteiger partial charge on any atom is -0.366 e. The summed E-state index contributed by atoms with van der Waals surface area (Å²) in [5.41, 5.74) is 6.58. The van der Waals surface area contributed by atoms with Crippen LogP contribution >= 0.6 is 0 Å². The molecule has 1 aliphatic rings. The van der Waals surface area contributed by atoms with Crippen molar-refractivity contribution in [3.8, 4) is 0 Å². The number of aromatic nitrogens is 3. The summed E-state index contributed by atoms with van der Waals surface area (Å²) in [7, 11) is -1.24. The molecule has 3 aromatic rings. The molecule has 176 valence electrons. The number of carbonyl (C=O) groups is 1. The quantitative estimate of drug-likeness (QED) is 0.386. The monoisotopic (exact) mass is 473 g/mol. The van der Waals surface area contributed by atoms with E-state index >= 15 is 0 Å². The number of nitrogens with two attached hydrogens (primary N) is 1. The van der Waals surface area contributed by atoms with E-state index in [1.54, 1.807) is 10.7 Å². The van der Waals surface area contributed by atoms with E-state index in [2.05, 4.69) is 24.6 Å². The molecule has 1 aliphatic heterocycles. The Hall–Kier alpha value is -2.85. The highest BCUT2D eigenvalue weighted by Crippen LogP contribution is 2.39. The largest absolute Gasteiger partial charge is 0.366 e. The summed E-state index contributed by atoms with van der Waals surface area (Å²) in [6.07, 6.45) is 2.87. The lowest BCUT2D eigenvalue weighted by Gasteiger charge is -2.25. The first-order valence-corrected chi connectivity index (χ1v) is 14.8. The molecule has 7 nitrogen and oxygen atoms in total. The van der Waals surface area contributed by atoms with Crippen LogP contribution in [0.1, 0.15) is 34.8 Å². The molecule has 1 atom stereocenters. The molecule has 1 fully saturated rings. The molecule has 0 bridgehead atoms. The lowest BCUT2D eigenvalue weighted by atomic mass is 10.0. The molecule has 10 heteroatoms. The van der Waals surface area contributed by atoms with E-state index in [1.165, 1.54) is 12.3 Å². The second kappa shape index (κ2) is 9.18. The number of ether oxygens (including phenoxy) is 1. The highest BCUT2D eigenvalue weighted by atomic mass is 28.3. The summed E-state index contributed by atoms with van der Waals surface area (Å²) < 4.78 is 36.0. The van der Waals surface area contributed by atoms with Crippen LogP contribution in [0.3, 0.4) is 0 Å². The van der Waals surface area contributed by atoms with Crippen molar-refractivity contribution in [2.24, 2.45) is 5.73 Å². The van der Waals surface area contributed by atoms with Gasteiger partial charge in [-0.2, -0.15) is 5.10 Å². The Balaban J connectivity index is 1.71. The van der Waals surface area contributed by atoms with Gasteiger partial charge in [-0.3, -0.25) is 4.79 Å². The Morgan fingerprint density at radius 2 is 2.06 bits per heavy atom. The lowest BCUT2D eigenvalue weighted by Crippen LogP contribution is -2.24. The second-order valence-corrected chi connectivity index (χ2v) is 15.3. The van der Waals surface area contributed by atoms with Gasteiger partial charge in [0.2, 0.25) is 5.91 Å². The van der Waals surface area contributed by atoms with Gasteiger partial charge in [0.1, 0.15) is 18.4 Å². The molecular weight excluding hydrogens is 444 g/mol.